The Kier molecular flexibility index (Phi) is 2.06. The highest BCUT2D eigenvalue weighted by Crippen LogP contribution is 2.16. The van der Waals surface area contributed by atoms with Gasteiger partial charge in [-0.25, -0.2) is 0 Å². The van der Waals surface area contributed by atoms with Crippen molar-refractivity contribution in [1.82, 2.24) is 5.41 Å². The maximum absolute atomic E-state index is 8.77. The summed E-state index contributed by atoms with van der Waals surface area (Å²) in [7, 11) is 0. The molecule has 0 aliphatic carbocycles. The Morgan fingerprint density at radius 3 is 2.57 bits per heavy atom. The van der Waals surface area contributed by atoms with Crippen molar-refractivity contribution in [2.24, 2.45) is 0 Å². The minimum atomic E-state index is 0.594. The number of hydrogen-bond acceptors (Lipinski definition) is 2. The fourth-order valence-electron chi connectivity index (χ4n) is 0.420. The molecule has 0 amide bonds. The molecule has 0 aromatic carbocycles. The van der Waals surface area contributed by atoms with Gasteiger partial charge in [0.1, 0.15) is 5.04 Å². The zero-order valence-electron chi connectivity index (χ0n) is 3.89. The van der Waals surface area contributed by atoms with Gasteiger partial charge in [-0.3, -0.25) is 0 Å². The van der Waals surface area contributed by atoms with Crippen LogP contribution in [0.5, 0.6) is 0 Å². The van der Waals surface area contributed by atoms with Crippen LogP contribution in [-0.2, 0) is 0 Å². The van der Waals surface area contributed by atoms with Crippen molar-refractivity contribution >= 4 is 28.6 Å². The van der Waals surface area contributed by atoms with Gasteiger partial charge in [-0.1, -0.05) is 0 Å². The molecule has 0 bridgehead atoms. The summed E-state index contributed by atoms with van der Waals surface area (Å²) in [6.07, 6.45) is 0. The van der Waals surface area contributed by atoms with Crippen LogP contribution in [0.3, 0.4) is 0 Å². The van der Waals surface area contributed by atoms with Crippen LogP contribution in [0.25, 0.3) is 0 Å². The van der Waals surface area contributed by atoms with Gasteiger partial charge >= 0.3 is 0 Å². The van der Waals surface area contributed by atoms with E-state index in [9.17, 15) is 0 Å². The van der Waals surface area contributed by atoms with Gasteiger partial charge in [0.25, 0.3) is 0 Å². The van der Waals surface area contributed by atoms with Crippen molar-refractivity contribution in [3.05, 3.63) is 0 Å². The summed E-state index contributed by atoms with van der Waals surface area (Å²) in [5.74, 6) is 3.11. The van der Waals surface area contributed by atoms with Gasteiger partial charge in [0.2, 0.25) is 0 Å². The Labute approximate surface area is 51.8 Å². The molecule has 1 saturated heterocycles. The third-order valence-electron chi connectivity index (χ3n) is 0.722. The van der Waals surface area contributed by atoms with Crippen molar-refractivity contribution < 1.29 is 0 Å². The second-order valence-electron chi connectivity index (χ2n) is 1.29. The second-order valence-corrected chi connectivity index (χ2v) is 3.57. The van der Waals surface area contributed by atoms with Crippen molar-refractivity contribution in [3.8, 4) is 0 Å². The quantitative estimate of drug-likeness (QED) is 0.483. The molecular weight excluding hydrogens is 126 g/mol. The highest BCUT2D eigenvalue weighted by molar-refractivity contribution is 8.18. The summed E-state index contributed by atoms with van der Waals surface area (Å²) in [4.78, 5) is 0. The van der Waals surface area contributed by atoms with E-state index in [1.54, 1.807) is 23.5 Å². The first-order valence-corrected chi connectivity index (χ1v) is 4.29. The molecule has 1 aliphatic heterocycles. The van der Waals surface area contributed by atoms with Crippen molar-refractivity contribution in [3.63, 3.8) is 0 Å². The van der Waals surface area contributed by atoms with Crippen LogP contribution >= 0.6 is 23.5 Å². The fourth-order valence-corrected chi connectivity index (χ4v) is 2.36. The highest BCUT2D eigenvalue weighted by atomic mass is 32.2. The average molecular weight is 132 g/mol. The first-order chi connectivity index (χ1) is 3.39. The molecule has 1 nitrogen and oxygen atoms in total. The smallest absolute Gasteiger partial charge is 0.106 e. The molecule has 7 heavy (non-hydrogen) atoms. The predicted molar refractivity (Wildman–Crippen MR) is 36.9 cm³/mol. The average Bonchev–Trinajstić information content (AvgIpc) is 1.69. The third kappa shape index (κ3) is 1.74. The molecule has 1 heterocycles. The molecule has 0 N–H and O–H groups in total. The lowest BCUT2D eigenvalue weighted by molar-refractivity contribution is 1.54. The molecule has 3 heteroatoms. The minimum absolute atomic E-state index is 0.594. The van der Waals surface area contributed by atoms with E-state index in [1.807, 2.05) is 0 Å². The van der Waals surface area contributed by atoms with Gasteiger partial charge in [0.15, 0.2) is 0 Å². The van der Waals surface area contributed by atoms with Crippen LogP contribution in [0.2, 0.25) is 0 Å². The lowest BCUT2D eigenvalue weighted by Gasteiger charge is -2.06. The number of nitrogens with zero attached hydrogens (tertiary/aromatic N) is 1. The molecule has 0 saturated carbocycles. The highest BCUT2D eigenvalue weighted by Gasteiger charge is 2.04. The Bertz CT molecular complexity index is 73.8. The lowest BCUT2D eigenvalue weighted by Crippen LogP contribution is -2.06. The number of hydrogen-bond donors (Lipinski definition) is 0. The predicted octanol–water partition coefficient (Wildman–Crippen LogP) is 0.665. The topological polar surface area (TPSA) is 22.3 Å². The van der Waals surface area contributed by atoms with Crippen molar-refractivity contribution in [2.45, 2.75) is 0 Å². The van der Waals surface area contributed by atoms with E-state index in [1.165, 1.54) is 5.75 Å². The molecule has 1 radical (unpaired) electrons. The molecule has 1 fully saturated rings. The normalized spacial score (nSPS) is 22.6. The zero-order valence-corrected chi connectivity index (χ0v) is 5.52. The first-order valence-electron chi connectivity index (χ1n) is 2.15. The van der Waals surface area contributed by atoms with Gasteiger partial charge < -0.3 is 0 Å². The third-order valence-corrected chi connectivity index (χ3v) is 3.02. The molecule has 0 aromatic heterocycles. The second kappa shape index (κ2) is 2.62. The summed E-state index contributed by atoms with van der Waals surface area (Å²) in [6, 6.07) is 0. The summed E-state index contributed by atoms with van der Waals surface area (Å²) in [5, 5.41) is 9.36. The monoisotopic (exact) mass is 132 g/mol. The van der Waals surface area contributed by atoms with Crippen molar-refractivity contribution in [1.29, 1.82) is 0 Å². The van der Waals surface area contributed by atoms with Gasteiger partial charge in [0, 0.05) is 17.3 Å². The Morgan fingerprint density at radius 1 is 1.43 bits per heavy atom. The summed E-state index contributed by atoms with van der Waals surface area (Å²) in [5.41, 5.74) is 0. The van der Waals surface area contributed by atoms with E-state index < -0.39 is 0 Å². The number of rotatable bonds is 0. The van der Waals surface area contributed by atoms with Gasteiger partial charge in [-0.2, -0.15) is 11.8 Å². The molecule has 39 valence electrons. The lowest BCUT2D eigenvalue weighted by atomic mass is 10.9. The maximum atomic E-state index is 8.77. The van der Waals surface area contributed by atoms with Gasteiger partial charge in [-0.05, 0) is 0 Å². The molecule has 1 aliphatic rings. The largest absolute Gasteiger partial charge is 0.154 e. The molecule has 1 rings (SSSR count). The fraction of sp³-hybridized carbons (Fsp3) is 0.750. The summed E-state index contributed by atoms with van der Waals surface area (Å²) < 4.78 is 0. The van der Waals surface area contributed by atoms with Crippen LogP contribution in [0, 0.1) is 0 Å². The van der Waals surface area contributed by atoms with Gasteiger partial charge in [0.05, 0.1) is 0 Å². The summed E-state index contributed by atoms with van der Waals surface area (Å²) >= 11 is 3.36. The zero-order chi connectivity index (χ0) is 5.11. The van der Waals surface area contributed by atoms with Crippen LogP contribution < -0.4 is 5.41 Å². The molecule has 0 unspecified atom stereocenters. The Morgan fingerprint density at radius 2 is 2.29 bits per heavy atom. The Balaban J connectivity index is 2.25. The first kappa shape index (κ1) is 5.51. The van der Waals surface area contributed by atoms with E-state index in [0.29, 0.717) is 5.04 Å². The van der Waals surface area contributed by atoms with E-state index in [2.05, 4.69) is 0 Å². The standard InChI is InChI=1S/C4H6NS2/c5-4-3-6-1-2-7-4/h1-3H2. The minimum Gasteiger partial charge on any atom is -0.154 e. The molecule has 0 aromatic rings. The van der Waals surface area contributed by atoms with E-state index >= 15 is 0 Å². The number of thioether (sulfide) groups is 2. The van der Waals surface area contributed by atoms with Gasteiger partial charge in [-0.15, -0.1) is 17.2 Å². The molecule has 0 atom stereocenters. The maximum Gasteiger partial charge on any atom is 0.106 e. The van der Waals surface area contributed by atoms with Crippen LogP contribution in [0.15, 0.2) is 0 Å². The molecule has 0 spiro atoms. The van der Waals surface area contributed by atoms with Crippen LogP contribution in [0.4, 0.5) is 0 Å². The SMILES string of the molecule is [N]=C1CSCCS1. The van der Waals surface area contributed by atoms with Crippen LogP contribution in [-0.4, -0.2) is 22.3 Å². The van der Waals surface area contributed by atoms with E-state index in [-0.39, 0.29) is 0 Å². The molecular formula is C4H6NS2. The van der Waals surface area contributed by atoms with Crippen molar-refractivity contribution in [2.75, 3.05) is 17.3 Å². The summed E-state index contributed by atoms with van der Waals surface area (Å²) in [6.45, 7) is 0. The van der Waals surface area contributed by atoms with E-state index in [4.69, 9.17) is 5.41 Å². The van der Waals surface area contributed by atoms with Crippen LogP contribution in [0.1, 0.15) is 0 Å². The van der Waals surface area contributed by atoms with E-state index in [0.717, 1.165) is 11.5 Å². The Hall–Kier alpha value is 0.370.